The average molecular weight is 328 g/mol. The number of hydrogen-bond acceptors (Lipinski definition) is 4. The molecule has 0 spiro atoms. The Hall–Kier alpha value is -2.85. The van der Waals surface area contributed by atoms with Crippen molar-refractivity contribution >= 4 is 23.0 Å². The largest absolute Gasteiger partial charge is 0.379 e. The second-order valence-electron chi connectivity index (χ2n) is 5.58. The fraction of sp³-hybridized carbons (Fsp3) is 0.353. The molecule has 1 aromatic carbocycles. The molecule has 0 aliphatic heterocycles. The van der Waals surface area contributed by atoms with Crippen molar-refractivity contribution in [2.24, 2.45) is 0 Å². The number of carbonyl (C=O) groups excluding carboxylic acids is 1. The second-order valence-corrected chi connectivity index (χ2v) is 5.58. The van der Waals surface area contributed by atoms with Gasteiger partial charge in [0.2, 0.25) is 0 Å². The summed E-state index contributed by atoms with van der Waals surface area (Å²) in [6.45, 7) is 4.89. The van der Waals surface area contributed by atoms with Gasteiger partial charge in [0, 0.05) is 13.2 Å². The molecule has 3 N–H and O–H groups in total. The van der Waals surface area contributed by atoms with Crippen molar-refractivity contribution in [2.75, 3.05) is 13.2 Å². The Morgan fingerprint density at radius 2 is 2.12 bits per heavy atom. The minimum Gasteiger partial charge on any atom is -0.379 e. The zero-order chi connectivity index (χ0) is 17.5. The van der Waals surface area contributed by atoms with Crippen molar-refractivity contribution in [3.8, 4) is 6.07 Å². The van der Waals surface area contributed by atoms with Gasteiger partial charge < -0.3 is 20.0 Å². The number of ether oxygens (including phenoxy) is 1. The van der Waals surface area contributed by atoms with Crippen molar-refractivity contribution < 1.29 is 9.53 Å². The van der Waals surface area contributed by atoms with Crippen LogP contribution in [0.4, 0.5) is 0 Å². The third-order valence-corrected chi connectivity index (χ3v) is 3.27. The van der Waals surface area contributed by atoms with Crippen LogP contribution in [0.25, 0.3) is 17.1 Å². The molecule has 0 bridgehead atoms. The molecule has 1 heterocycles. The van der Waals surface area contributed by atoms with Crippen LogP contribution in [-0.4, -0.2) is 35.1 Å². The molecular weight excluding hydrogens is 308 g/mol. The number of benzene rings is 1. The summed E-state index contributed by atoms with van der Waals surface area (Å²) in [6.07, 6.45) is 2.33. The monoisotopic (exact) mass is 328 g/mol. The summed E-state index contributed by atoms with van der Waals surface area (Å²) in [5.41, 5.74) is 1.67. The Kier molecular flexibility index (Phi) is 5.93. The number of aromatic nitrogens is 2. The van der Waals surface area contributed by atoms with Gasteiger partial charge in [0.25, 0.3) is 5.91 Å². The maximum Gasteiger partial charge on any atom is 0.323 e. The quantitative estimate of drug-likeness (QED) is 0.408. The molecule has 1 amide bonds. The third-order valence-electron chi connectivity index (χ3n) is 3.27. The Bertz CT molecular complexity index is 839. The molecule has 1 aromatic heterocycles. The first-order valence-electron chi connectivity index (χ1n) is 7.73. The van der Waals surface area contributed by atoms with Crippen LogP contribution < -0.4 is 11.0 Å². The van der Waals surface area contributed by atoms with Crippen LogP contribution >= 0.6 is 0 Å². The maximum absolute atomic E-state index is 12.0. The van der Waals surface area contributed by atoms with Crippen molar-refractivity contribution in [1.29, 1.82) is 5.26 Å². The van der Waals surface area contributed by atoms with Gasteiger partial charge in [0.15, 0.2) is 0 Å². The van der Waals surface area contributed by atoms with Gasteiger partial charge in [0.05, 0.1) is 17.1 Å². The van der Waals surface area contributed by atoms with Crippen molar-refractivity contribution in [3.05, 3.63) is 39.8 Å². The molecule has 0 aliphatic carbocycles. The van der Waals surface area contributed by atoms with Crippen molar-refractivity contribution in [2.45, 2.75) is 26.4 Å². The fourth-order valence-electron chi connectivity index (χ4n) is 2.14. The number of nitriles is 1. The molecule has 0 unspecified atom stereocenters. The number of H-pyrrole nitrogens is 2. The van der Waals surface area contributed by atoms with Gasteiger partial charge in [0.1, 0.15) is 11.6 Å². The first-order chi connectivity index (χ1) is 11.5. The van der Waals surface area contributed by atoms with E-state index in [1.807, 2.05) is 19.9 Å². The van der Waals surface area contributed by atoms with Gasteiger partial charge in [-0.15, -0.1) is 0 Å². The van der Waals surface area contributed by atoms with E-state index in [0.29, 0.717) is 36.2 Å². The summed E-state index contributed by atoms with van der Waals surface area (Å²) >= 11 is 0. The van der Waals surface area contributed by atoms with Gasteiger partial charge >= 0.3 is 5.69 Å². The van der Waals surface area contributed by atoms with E-state index in [2.05, 4.69) is 15.3 Å². The number of nitrogens with one attached hydrogen (secondary N) is 3. The molecule has 7 nitrogen and oxygen atoms in total. The predicted molar refractivity (Wildman–Crippen MR) is 91.2 cm³/mol. The molecule has 0 saturated heterocycles. The highest BCUT2D eigenvalue weighted by Gasteiger charge is 2.09. The SMILES string of the molecule is CC(C)OCCCNC(=O)C(C#N)=Cc1ccc2[nH]c(=O)[nH]c2c1. The van der Waals surface area contributed by atoms with Crippen molar-refractivity contribution in [3.63, 3.8) is 0 Å². The molecule has 0 atom stereocenters. The second kappa shape index (κ2) is 8.13. The summed E-state index contributed by atoms with van der Waals surface area (Å²) in [6, 6.07) is 7.05. The highest BCUT2D eigenvalue weighted by Crippen LogP contribution is 2.13. The van der Waals surface area contributed by atoms with E-state index >= 15 is 0 Å². The van der Waals surface area contributed by atoms with Crippen LogP contribution in [0.5, 0.6) is 0 Å². The molecule has 126 valence electrons. The number of aromatic amines is 2. The number of rotatable bonds is 7. The molecular formula is C17H20N4O3. The molecule has 0 fully saturated rings. The Morgan fingerprint density at radius 1 is 1.38 bits per heavy atom. The van der Waals surface area contributed by atoms with E-state index in [-0.39, 0.29) is 17.4 Å². The summed E-state index contributed by atoms with van der Waals surface area (Å²) in [4.78, 5) is 28.6. The van der Waals surface area contributed by atoms with Crippen LogP contribution in [0.3, 0.4) is 0 Å². The van der Waals surface area contributed by atoms with Crippen LogP contribution in [0.15, 0.2) is 28.6 Å². The van der Waals surface area contributed by atoms with E-state index < -0.39 is 5.91 Å². The first kappa shape index (κ1) is 17.5. The number of hydrogen-bond donors (Lipinski definition) is 3. The lowest BCUT2D eigenvalue weighted by molar-refractivity contribution is -0.117. The highest BCUT2D eigenvalue weighted by molar-refractivity contribution is 6.01. The number of nitrogens with zero attached hydrogens (tertiary/aromatic N) is 1. The zero-order valence-corrected chi connectivity index (χ0v) is 13.7. The smallest absolute Gasteiger partial charge is 0.323 e. The normalized spacial score (nSPS) is 11.7. The molecule has 7 heteroatoms. The van der Waals surface area contributed by atoms with Crippen LogP contribution in [0.1, 0.15) is 25.8 Å². The first-order valence-corrected chi connectivity index (χ1v) is 7.73. The maximum atomic E-state index is 12.0. The van der Waals surface area contributed by atoms with E-state index in [1.54, 1.807) is 18.2 Å². The topological polar surface area (TPSA) is 111 Å². The Balaban J connectivity index is 2.00. The highest BCUT2D eigenvalue weighted by atomic mass is 16.5. The standard InChI is InChI=1S/C17H20N4O3/c1-11(2)24-7-3-6-19-16(22)13(10-18)8-12-4-5-14-15(9-12)21-17(23)20-14/h4-5,8-9,11H,3,6-7H2,1-2H3,(H,19,22)(H2,20,21,23). The van der Waals surface area contributed by atoms with Crippen LogP contribution in [0, 0.1) is 11.3 Å². The van der Waals surface area contributed by atoms with Gasteiger partial charge in [-0.2, -0.15) is 5.26 Å². The lowest BCUT2D eigenvalue weighted by atomic mass is 10.1. The number of imidazole rings is 1. The summed E-state index contributed by atoms with van der Waals surface area (Å²) in [5, 5.41) is 11.9. The molecule has 24 heavy (non-hydrogen) atoms. The molecule has 0 radical (unpaired) electrons. The molecule has 0 saturated carbocycles. The van der Waals surface area contributed by atoms with Gasteiger partial charge in [-0.3, -0.25) is 4.79 Å². The summed E-state index contributed by atoms with van der Waals surface area (Å²) in [5.74, 6) is -0.426. The van der Waals surface area contributed by atoms with E-state index in [1.165, 1.54) is 6.08 Å². The Morgan fingerprint density at radius 3 is 2.83 bits per heavy atom. The number of carbonyl (C=O) groups is 1. The summed E-state index contributed by atoms with van der Waals surface area (Å²) in [7, 11) is 0. The number of fused-ring (bicyclic) bond motifs is 1. The van der Waals surface area contributed by atoms with E-state index in [0.717, 1.165) is 0 Å². The molecule has 2 rings (SSSR count). The summed E-state index contributed by atoms with van der Waals surface area (Å²) < 4.78 is 5.39. The zero-order valence-electron chi connectivity index (χ0n) is 13.7. The van der Waals surface area contributed by atoms with Gasteiger partial charge in [-0.1, -0.05) is 6.07 Å². The van der Waals surface area contributed by atoms with Gasteiger partial charge in [-0.25, -0.2) is 4.79 Å². The predicted octanol–water partition coefficient (Wildman–Crippen LogP) is 1.69. The Labute approximate surface area is 139 Å². The van der Waals surface area contributed by atoms with Crippen molar-refractivity contribution in [1.82, 2.24) is 15.3 Å². The molecule has 0 aliphatic rings. The lowest BCUT2D eigenvalue weighted by Gasteiger charge is -2.08. The van der Waals surface area contributed by atoms with E-state index in [9.17, 15) is 14.9 Å². The third kappa shape index (κ3) is 4.83. The average Bonchev–Trinajstić information content (AvgIpc) is 2.91. The minimum absolute atomic E-state index is 0.0111. The van der Waals surface area contributed by atoms with Gasteiger partial charge in [-0.05, 0) is 44.0 Å². The fourth-order valence-corrected chi connectivity index (χ4v) is 2.14. The van der Waals surface area contributed by atoms with Crippen LogP contribution in [-0.2, 0) is 9.53 Å². The van der Waals surface area contributed by atoms with Crippen LogP contribution in [0.2, 0.25) is 0 Å². The lowest BCUT2D eigenvalue weighted by Crippen LogP contribution is -2.26. The minimum atomic E-state index is -0.426. The number of amides is 1. The molecule has 2 aromatic rings. The van der Waals surface area contributed by atoms with E-state index in [4.69, 9.17) is 4.74 Å².